The van der Waals surface area contributed by atoms with Crippen LogP contribution in [0.4, 0.5) is 13.2 Å². The predicted molar refractivity (Wildman–Crippen MR) is 70.3 cm³/mol. The molecule has 1 aromatic heterocycles. The molecule has 9 heteroatoms. The zero-order chi connectivity index (χ0) is 17.0. The maximum atomic E-state index is 12.0. The van der Waals surface area contributed by atoms with E-state index >= 15 is 0 Å². The van der Waals surface area contributed by atoms with E-state index in [2.05, 4.69) is 9.72 Å². The number of alkyl halides is 3. The summed E-state index contributed by atoms with van der Waals surface area (Å²) in [6.45, 7) is -0.0943. The molecule has 0 aliphatic carbocycles. The highest BCUT2D eigenvalue weighted by Gasteiger charge is 2.30. The summed E-state index contributed by atoms with van der Waals surface area (Å²) in [5.41, 5.74) is -0.0657. The second kappa shape index (κ2) is 6.42. The van der Waals surface area contributed by atoms with Crippen LogP contribution in [0, 0.1) is 0 Å². The molecule has 0 amide bonds. The summed E-state index contributed by atoms with van der Waals surface area (Å²) in [6.07, 6.45) is -3.62. The van der Waals surface area contributed by atoms with Crippen molar-refractivity contribution in [2.24, 2.45) is 0 Å². The van der Waals surface area contributed by atoms with Crippen molar-refractivity contribution in [2.45, 2.75) is 13.0 Å². The minimum Gasteiger partial charge on any atom is -0.503 e. The van der Waals surface area contributed by atoms with Crippen molar-refractivity contribution < 1.29 is 37.7 Å². The van der Waals surface area contributed by atoms with E-state index in [0.29, 0.717) is 5.56 Å². The highest BCUT2D eigenvalue weighted by atomic mass is 19.4. The highest BCUT2D eigenvalue weighted by molar-refractivity contribution is 5.89. The minimum atomic E-state index is -4.77. The Bertz CT molecular complexity index is 701. The molecule has 0 atom stereocenters. The normalized spacial score (nSPS) is 11.1. The summed E-state index contributed by atoms with van der Waals surface area (Å²) in [5.74, 6) is -2.52. The van der Waals surface area contributed by atoms with Gasteiger partial charge in [-0.25, -0.2) is 9.78 Å². The quantitative estimate of drug-likeness (QED) is 0.877. The first-order valence-corrected chi connectivity index (χ1v) is 6.15. The molecule has 1 aromatic carbocycles. The molecule has 0 saturated carbocycles. The Morgan fingerprint density at radius 3 is 2.39 bits per heavy atom. The molecular weight excluding hydrogens is 319 g/mol. The first kappa shape index (κ1) is 16.4. The lowest BCUT2D eigenvalue weighted by Gasteiger charge is -2.11. The van der Waals surface area contributed by atoms with Gasteiger partial charge in [-0.15, -0.1) is 13.2 Å². The van der Waals surface area contributed by atoms with Gasteiger partial charge in [0.15, 0.2) is 17.2 Å². The first-order chi connectivity index (χ1) is 10.8. The Morgan fingerprint density at radius 2 is 1.83 bits per heavy atom. The molecular formula is C14H10F3NO5. The number of carbonyl (C=O) groups is 1. The summed E-state index contributed by atoms with van der Waals surface area (Å²) in [5, 5.41) is 18.5. The molecule has 0 fully saturated rings. The Kier molecular flexibility index (Phi) is 4.58. The van der Waals surface area contributed by atoms with Gasteiger partial charge in [-0.05, 0) is 17.7 Å². The maximum Gasteiger partial charge on any atom is 0.573 e. The average molecular weight is 329 g/mol. The number of hydrogen-bond donors (Lipinski definition) is 2. The van der Waals surface area contributed by atoms with Crippen molar-refractivity contribution in [1.82, 2.24) is 4.98 Å². The van der Waals surface area contributed by atoms with Crippen molar-refractivity contribution >= 4 is 5.97 Å². The number of pyridine rings is 1. The number of aromatic hydroxyl groups is 1. The van der Waals surface area contributed by atoms with Crippen LogP contribution in [0.25, 0.3) is 0 Å². The van der Waals surface area contributed by atoms with Crippen LogP contribution in [-0.2, 0) is 6.61 Å². The fourth-order valence-electron chi connectivity index (χ4n) is 1.66. The van der Waals surface area contributed by atoms with Gasteiger partial charge in [-0.1, -0.05) is 12.1 Å². The Labute approximate surface area is 127 Å². The summed E-state index contributed by atoms with van der Waals surface area (Å²) in [7, 11) is 0. The molecule has 2 N–H and O–H groups in total. The molecule has 0 bridgehead atoms. The van der Waals surface area contributed by atoms with E-state index in [1.807, 2.05) is 0 Å². The van der Waals surface area contributed by atoms with E-state index in [0.717, 1.165) is 18.3 Å². The third kappa shape index (κ3) is 4.50. The third-order valence-corrected chi connectivity index (χ3v) is 2.64. The van der Waals surface area contributed by atoms with Crippen LogP contribution >= 0.6 is 0 Å². The van der Waals surface area contributed by atoms with E-state index in [1.54, 1.807) is 0 Å². The fraction of sp³-hybridized carbons (Fsp3) is 0.143. The number of aromatic carboxylic acids is 1. The smallest absolute Gasteiger partial charge is 0.503 e. The maximum absolute atomic E-state index is 12.0. The van der Waals surface area contributed by atoms with Crippen LogP contribution in [0.5, 0.6) is 17.2 Å². The molecule has 0 radical (unpaired) electrons. The van der Waals surface area contributed by atoms with Gasteiger partial charge in [0.2, 0.25) is 0 Å². The molecule has 23 heavy (non-hydrogen) atoms. The van der Waals surface area contributed by atoms with Crippen molar-refractivity contribution in [3.8, 4) is 17.2 Å². The largest absolute Gasteiger partial charge is 0.573 e. The molecule has 2 aromatic rings. The Balaban J connectivity index is 2.04. The minimum absolute atomic E-state index is 0.0943. The van der Waals surface area contributed by atoms with Crippen LogP contribution in [0.1, 0.15) is 16.1 Å². The van der Waals surface area contributed by atoms with E-state index in [-0.39, 0.29) is 18.1 Å². The third-order valence-electron chi connectivity index (χ3n) is 2.64. The van der Waals surface area contributed by atoms with Gasteiger partial charge in [-0.3, -0.25) is 0 Å². The van der Waals surface area contributed by atoms with Crippen molar-refractivity contribution in [3.05, 3.63) is 47.8 Å². The Hall–Kier alpha value is -2.97. The molecule has 2 rings (SSSR count). The molecule has 0 saturated heterocycles. The van der Waals surface area contributed by atoms with Gasteiger partial charge in [-0.2, -0.15) is 0 Å². The molecule has 0 aliphatic heterocycles. The number of hydrogen-bond acceptors (Lipinski definition) is 5. The molecule has 6 nitrogen and oxygen atoms in total. The fourth-order valence-corrected chi connectivity index (χ4v) is 1.66. The van der Waals surface area contributed by atoms with Crippen LogP contribution < -0.4 is 9.47 Å². The summed E-state index contributed by atoms with van der Waals surface area (Å²) in [4.78, 5) is 14.3. The molecule has 0 spiro atoms. The number of carboxylic acid groups (broad SMARTS) is 1. The van der Waals surface area contributed by atoms with E-state index in [9.17, 15) is 23.1 Å². The number of carboxylic acids is 1. The Morgan fingerprint density at radius 1 is 1.17 bits per heavy atom. The SMILES string of the molecule is O=C(O)c1nccc(OCc2ccc(OC(F)(F)F)cc2)c1O. The second-order valence-corrected chi connectivity index (χ2v) is 4.29. The van der Waals surface area contributed by atoms with Crippen molar-refractivity contribution in [3.63, 3.8) is 0 Å². The van der Waals surface area contributed by atoms with E-state index in [1.165, 1.54) is 18.2 Å². The van der Waals surface area contributed by atoms with Gasteiger partial charge >= 0.3 is 12.3 Å². The lowest BCUT2D eigenvalue weighted by atomic mass is 10.2. The lowest BCUT2D eigenvalue weighted by Crippen LogP contribution is -2.17. The number of benzene rings is 1. The van der Waals surface area contributed by atoms with E-state index in [4.69, 9.17) is 9.84 Å². The number of ether oxygens (including phenoxy) is 2. The molecule has 1 heterocycles. The number of halogens is 3. The molecule has 122 valence electrons. The predicted octanol–water partition coefficient (Wildman–Crippen LogP) is 2.96. The summed E-state index contributed by atoms with van der Waals surface area (Å²) < 4.78 is 45.1. The molecule has 0 aliphatic rings. The van der Waals surface area contributed by atoms with Crippen LogP contribution in [-0.4, -0.2) is 27.5 Å². The number of rotatable bonds is 5. The lowest BCUT2D eigenvalue weighted by molar-refractivity contribution is -0.274. The molecule has 0 unspecified atom stereocenters. The van der Waals surface area contributed by atoms with E-state index < -0.39 is 23.8 Å². The zero-order valence-corrected chi connectivity index (χ0v) is 11.4. The zero-order valence-electron chi connectivity index (χ0n) is 11.4. The summed E-state index contributed by atoms with van der Waals surface area (Å²) >= 11 is 0. The van der Waals surface area contributed by atoms with Gasteiger partial charge in [0.25, 0.3) is 0 Å². The van der Waals surface area contributed by atoms with Gasteiger partial charge in [0.1, 0.15) is 12.4 Å². The number of aromatic nitrogens is 1. The van der Waals surface area contributed by atoms with Crippen LogP contribution in [0.2, 0.25) is 0 Å². The second-order valence-electron chi connectivity index (χ2n) is 4.29. The topological polar surface area (TPSA) is 88.9 Å². The van der Waals surface area contributed by atoms with Crippen molar-refractivity contribution in [2.75, 3.05) is 0 Å². The average Bonchev–Trinajstić information content (AvgIpc) is 2.46. The van der Waals surface area contributed by atoms with Crippen LogP contribution in [0.15, 0.2) is 36.5 Å². The number of nitrogens with zero attached hydrogens (tertiary/aromatic N) is 1. The van der Waals surface area contributed by atoms with Crippen LogP contribution in [0.3, 0.4) is 0 Å². The van der Waals surface area contributed by atoms with Gasteiger partial charge < -0.3 is 19.7 Å². The standard InChI is InChI=1S/C14H10F3NO5/c15-14(16,17)23-9-3-1-8(2-4-9)7-22-10-5-6-18-11(12(10)19)13(20)21/h1-6,19H,7H2,(H,20,21). The highest BCUT2D eigenvalue weighted by Crippen LogP contribution is 2.29. The monoisotopic (exact) mass is 329 g/mol. The van der Waals surface area contributed by atoms with Gasteiger partial charge in [0, 0.05) is 12.3 Å². The van der Waals surface area contributed by atoms with Gasteiger partial charge in [0.05, 0.1) is 0 Å². The first-order valence-electron chi connectivity index (χ1n) is 6.15. The summed E-state index contributed by atoms with van der Waals surface area (Å²) in [6, 6.07) is 6.18. The van der Waals surface area contributed by atoms with Crippen molar-refractivity contribution in [1.29, 1.82) is 0 Å².